The van der Waals surface area contributed by atoms with Crippen LogP contribution in [0.1, 0.15) is 46.0 Å². The molecule has 0 saturated heterocycles. The molecule has 102 valence electrons. The van der Waals surface area contributed by atoms with E-state index in [4.69, 9.17) is 4.74 Å². The van der Waals surface area contributed by atoms with E-state index in [1.807, 2.05) is 0 Å². The second-order valence-corrected chi connectivity index (χ2v) is 6.96. The van der Waals surface area contributed by atoms with Gasteiger partial charge in [0.1, 0.15) is 0 Å². The van der Waals surface area contributed by atoms with Crippen molar-refractivity contribution in [2.75, 3.05) is 7.11 Å². The summed E-state index contributed by atoms with van der Waals surface area (Å²) in [5.74, 6) is 1.95. The van der Waals surface area contributed by atoms with Crippen molar-refractivity contribution in [2.24, 2.45) is 29.1 Å². The zero-order valence-electron chi connectivity index (χ0n) is 11.6. The molecule has 3 nitrogen and oxygen atoms in total. The summed E-state index contributed by atoms with van der Waals surface area (Å²) in [5, 5.41) is 11.2. The fourth-order valence-electron chi connectivity index (χ4n) is 5.41. The van der Waals surface area contributed by atoms with Gasteiger partial charge in [0, 0.05) is 0 Å². The molecule has 0 aromatic heterocycles. The minimum absolute atomic E-state index is 0.171. The Morgan fingerprint density at radius 1 is 1.33 bits per heavy atom. The number of methoxy groups -OCH3 is 1. The molecule has 0 aromatic rings. The van der Waals surface area contributed by atoms with Crippen LogP contribution in [0.4, 0.5) is 0 Å². The second-order valence-electron chi connectivity index (χ2n) is 6.96. The van der Waals surface area contributed by atoms with Crippen LogP contribution < -0.4 is 0 Å². The van der Waals surface area contributed by atoms with Gasteiger partial charge in [0.05, 0.1) is 18.1 Å². The van der Waals surface area contributed by atoms with Crippen molar-refractivity contribution in [1.82, 2.24) is 0 Å². The minimum atomic E-state index is -0.780. The molecule has 3 heteroatoms. The number of rotatable bonds is 2. The fourth-order valence-corrected chi connectivity index (χ4v) is 5.41. The summed E-state index contributed by atoms with van der Waals surface area (Å²) >= 11 is 0. The zero-order chi connectivity index (χ0) is 13.1. The highest BCUT2D eigenvalue weighted by Crippen LogP contribution is 2.69. The largest absolute Gasteiger partial charge is 0.469 e. The molecule has 0 radical (unpaired) electrons. The van der Waals surface area contributed by atoms with Gasteiger partial charge in [0.25, 0.3) is 0 Å². The smallest absolute Gasteiger partial charge is 0.314 e. The molecule has 0 spiro atoms. The predicted molar refractivity (Wildman–Crippen MR) is 67.8 cm³/mol. The molecule has 3 saturated carbocycles. The van der Waals surface area contributed by atoms with Gasteiger partial charge in [-0.15, -0.1) is 0 Å². The number of esters is 1. The van der Waals surface area contributed by atoms with E-state index < -0.39 is 11.0 Å². The van der Waals surface area contributed by atoms with Crippen LogP contribution in [0.5, 0.6) is 0 Å². The fraction of sp³-hybridized carbons (Fsp3) is 0.933. The van der Waals surface area contributed by atoms with Crippen LogP contribution in [0.2, 0.25) is 0 Å². The van der Waals surface area contributed by atoms with E-state index in [0.29, 0.717) is 23.7 Å². The molecule has 4 bridgehead atoms. The SMILES string of the molecule is COC(=O)C12CC[C@@H]3[C@@H](C(C)C)C[C@@]1(O)[C@@H]3CC2. The molecule has 0 amide bonds. The second kappa shape index (κ2) is 3.72. The van der Waals surface area contributed by atoms with E-state index in [2.05, 4.69) is 13.8 Å². The van der Waals surface area contributed by atoms with Crippen LogP contribution in [0.3, 0.4) is 0 Å². The molecule has 3 fully saturated rings. The van der Waals surface area contributed by atoms with Crippen molar-refractivity contribution < 1.29 is 14.6 Å². The van der Waals surface area contributed by atoms with Crippen LogP contribution in [-0.4, -0.2) is 23.8 Å². The zero-order valence-corrected chi connectivity index (χ0v) is 11.6. The van der Waals surface area contributed by atoms with Crippen molar-refractivity contribution in [2.45, 2.75) is 51.6 Å². The van der Waals surface area contributed by atoms with Gasteiger partial charge in [0.2, 0.25) is 0 Å². The molecule has 5 atom stereocenters. The summed E-state index contributed by atoms with van der Waals surface area (Å²) in [5.41, 5.74) is -1.37. The molecule has 3 aliphatic carbocycles. The lowest BCUT2D eigenvalue weighted by atomic mass is 9.64. The first-order valence-corrected chi connectivity index (χ1v) is 7.27. The van der Waals surface area contributed by atoms with Gasteiger partial charge < -0.3 is 9.84 Å². The van der Waals surface area contributed by atoms with Crippen LogP contribution >= 0.6 is 0 Å². The van der Waals surface area contributed by atoms with Gasteiger partial charge >= 0.3 is 5.97 Å². The third kappa shape index (κ3) is 1.21. The van der Waals surface area contributed by atoms with Gasteiger partial charge in [-0.05, 0) is 55.8 Å². The molecular formula is C15H24O3. The first-order valence-electron chi connectivity index (χ1n) is 7.27. The third-order valence-electron chi connectivity index (χ3n) is 6.27. The average molecular weight is 252 g/mol. The normalized spacial score (nSPS) is 49.7. The highest BCUT2D eigenvalue weighted by Gasteiger charge is 2.72. The monoisotopic (exact) mass is 252 g/mol. The highest BCUT2D eigenvalue weighted by atomic mass is 16.5. The van der Waals surface area contributed by atoms with E-state index in [-0.39, 0.29) is 5.97 Å². The molecule has 3 aliphatic rings. The first kappa shape index (κ1) is 12.5. The standard InChI is InChI=1S/C15H24O3/c1-9(2)11-8-15(17)12-5-7-14(15,13(16)18-3)6-4-10(11)12/h9-12,17H,4-8H2,1-3H3/t10-,11-,12-,14?,15-/m1/s1. The van der Waals surface area contributed by atoms with E-state index in [9.17, 15) is 9.90 Å². The Hall–Kier alpha value is -0.570. The van der Waals surface area contributed by atoms with Crippen molar-refractivity contribution in [3.05, 3.63) is 0 Å². The van der Waals surface area contributed by atoms with E-state index in [1.54, 1.807) is 0 Å². The summed E-state index contributed by atoms with van der Waals surface area (Å²) in [4.78, 5) is 12.2. The van der Waals surface area contributed by atoms with Gasteiger partial charge in [-0.3, -0.25) is 4.79 Å². The molecule has 3 rings (SSSR count). The average Bonchev–Trinajstić information content (AvgIpc) is 2.63. The summed E-state index contributed by atoms with van der Waals surface area (Å²) in [7, 11) is 1.45. The maximum Gasteiger partial charge on any atom is 0.314 e. The van der Waals surface area contributed by atoms with Crippen molar-refractivity contribution in [3.8, 4) is 0 Å². The molecule has 1 unspecified atom stereocenters. The number of carbonyl (C=O) groups excluding carboxylic acids is 1. The molecule has 1 N–H and O–H groups in total. The van der Waals surface area contributed by atoms with Crippen LogP contribution in [-0.2, 0) is 9.53 Å². The van der Waals surface area contributed by atoms with Crippen molar-refractivity contribution >= 4 is 5.97 Å². The van der Waals surface area contributed by atoms with E-state index in [0.717, 1.165) is 32.1 Å². The number of ether oxygens (including phenoxy) is 1. The molecular weight excluding hydrogens is 228 g/mol. The number of hydrogen-bond acceptors (Lipinski definition) is 3. The Morgan fingerprint density at radius 2 is 2.00 bits per heavy atom. The Labute approximate surface area is 109 Å². The first-order chi connectivity index (χ1) is 8.46. The summed E-state index contributed by atoms with van der Waals surface area (Å²) in [6.45, 7) is 4.49. The van der Waals surface area contributed by atoms with Gasteiger partial charge in [-0.25, -0.2) is 0 Å². The minimum Gasteiger partial charge on any atom is -0.469 e. The Bertz CT molecular complexity index is 378. The van der Waals surface area contributed by atoms with E-state index >= 15 is 0 Å². The summed E-state index contributed by atoms with van der Waals surface area (Å²) in [6.07, 6.45) is 4.53. The summed E-state index contributed by atoms with van der Waals surface area (Å²) < 4.78 is 5.02. The quantitative estimate of drug-likeness (QED) is 0.767. The Morgan fingerprint density at radius 3 is 2.61 bits per heavy atom. The number of carbonyl (C=O) groups is 1. The van der Waals surface area contributed by atoms with Crippen molar-refractivity contribution in [3.63, 3.8) is 0 Å². The molecule has 0 aromatic carbocycles. The predicted octanol–water partition coefficient (Wildman–Crippen LogP) is 2.37. The Kier molecular flexibility index (Phi) is 2.58. The van der Waals surface area contributed by atoms with Crippen LogP contribution in [0.25, 0.3) is 0 Å². The van der Waals surface area contributed by atoms with Crippen LogP contribution in [0, 0.1) is 29.1 Å². The Balaban J connectivity index is 2.01. The molecule has 0 aliphatic heterocycles. The number of hydrogen-bond donors (Lipinski definition) is 1. The van der Waals surface area contributed by atoms with Gasteiger partial charge in [-0.2, -0.15) is 0 Å². The highest BCUT2D eigenvalue weighted by molar-refractivity contribution is 5.79. The molecule has 18 heavy (non-hydrogen) atoms. The number of aliphatic hydroxyl groups is 1. The summed E-state index contributed by atoms with van der Waals surface area (Å²) in [6, 6.07) is 0. The third-order valence-corrected chi connectivity index (χ3v) is 6.27. The van der Waals surface area contributed by atoms with Crippen LogP contribution in [0.15, 0.2) is 0 Å². The lowest BCUT2D eigenvalue weighted by Gasteiger charge is -2.43. The van der Waals surface area contributed by atoms with Gasteiger partial charge in [0.15, 0.2) is 0 Å². The lowest BCUT2D eigenvalue weighted by Crippen LogP contribution is -2.53. The maximum absolute atomic E-state index is 12.2. The van der Waals surface area contributed by atoms with Gasteiger partial charge in [-0.1, -0.05) is 13.8 Å². The topological polar surface area (TPSA) is 46.5 Å². The maximum atomic E-state index is 12.2. The van der Waals surface area contributed by atoms with Crippen molar-refractivity contribution in [1.29, 1.82) is 0 Å². The van der Waals surface area contributed by atoms with E-state index in [1.165, 1.54) is 7.11 Å². The lowest BCUT2D eigenvalue weighted by molar-refractivity contribution is -0.176. The molecule has 0 heterocycles.